The minimum Gasteiger partial charge on any atom is -0.391 e. The molecule has 0 spiro atoms. The minimum atomic E-state index is 0.186. The Kier molecular flexibility index (Phi) is 2.11. The molecule has 2 heteroatoms. The molecule has 0 unspecified atom stereocenters. The number of aliphatic hydroxyl groups excluding tert-OH is 1. The SMILES string of the molecule is Cc1sc(CO)c(C)c1C. The predicted octanol–water partition coefficient (Wildman–Crippen LogP) is 2.17. The van der Waals surface area contributed by atoms with E-state index >= 15 is 0 Å². The standard InChI is InChI=1S/C8H12OS/c1-5-6(2)8(4-9)10-7(5)3/h9H,4H2,1-3H3. The van der Waals surface area contributed by atoms with E-state index in [1.54, 1.807) is 11.3 Å². The van der Waals surface area contributed by atoms with Gasteiger partial charge in [-0.2, -0.15) is 0 Å². The molecule has 1 rings (SSSR count). The maximum absolute atomic E-state index is 8.87. The third-order valence-electron chi connectivity index (χ3n) is 1.93. The zero-order valence-corrected chi connectivity index (χ0v) is 7.38. The minimum absolute atomic E-state index is 0.186. The first-order chi connectivity index (χ1) is 4.66. The van der Waals surface area contributed by atoms with E-state index in [1.165, 1.54) is 16.0 Å². The van der Waals surface area contributed by atoms with Crippen LogP contribution < -0.4 is 0 Å². The summed E-state index contributed by atoms with van der Waals surface area (Å²) in [4.78, 5) is 2.43. The van der Waals surface area contributed by atoms with Gasteiger partial charge in [0.25, 0.3) is 0 Å². The van der Waals surface area contributed by atoms with Gasteiger partial charge in [0, 0.05) is 9.75 Å². The van der Waals surface area contributed by atoms with E-state index in [0.717, 1.165) is 4.88 Å². The highest BCUT2D eigenvalue weighted by atomic mass is 32.1. The predicted molar refractivity (Wildman–Crippen MR) is 44.5 cm³/mol. The molecule has 0 fully saturated rings. The molecule has 0 aliphatic carbocycles. The molecule has 0 aromatic carbocycles. The normalized spacial score (nSPS) is 10.4. The molecule has 1 heterocycles. The quantitative estimate of drug-likeness (QED) is 0.660. The molecule has 10 heavy (non-hydrogen) atoms. The average Bonchev–Trinajstić information content (AvgIpc) is 2.17. The van der Waals surface area contributed by atoms with Crippen LogP contribution in [0.25, 0.3) is 0 Å². The molecule has 1 aromatic heterocycles. The van der Waals surface area contributed by atoms with E-state index in [0.29, 0.717) is 0 Å². The van der Waals surface area contributed by atoms with Crippen molar-refractivity contribution in [1.29, 1.82) is 0 Å². The van der Waals surface area contributed by atoms with Crippen molar-refractivity contribution < 1.29 is 5.11 Å². The van der Waals surface area contributed by atoms with Crippen molar-refractivity contribution in [3.63, 3.8) is 0 Å². The molecule has 0 saturated carbocycles. The van der Waals surface area contributed by atoms with Gasteiger partial charge >= 0.3 is 0 Å². The lowest BCUT2D eigenvalue weighted by Crippen LogP contribution is -1.80. The topological polar surface area (TPSA) is 20.2 Å². The van der Waals surface area contributed by atoms with Crippen molar-refractivity contribution in [2.75, 3.05) is 0 Å². The number of hydrogen-bond donors (Lipinski definition) is 1. The molecular weight excluding hydrogens is 144 g/mol. The Balaban J connectivity index is 3.17. The third kappa shape index (κ3) is 1.09. The highest BCUT2D eigenvalue weighted by Crippen LogP contribution is 2.25. The van der Waals surface area contributed by atoms with Gasteiger partial charge in [0.15, 0.2) is 0 Å². The largest absolute Gasteiger partial charge is 0.391 e. The van der Waals surface area contributed by atoms with Gasteiger partial charge in [0.05, 0.1) is 6.61 Å². The molecule has 0 aliphatic heterocycles. The first kappa shape index (κ1) is 7.76. The van der Waals surface area contributed by atoms with Crippen LogP contribution in [-0.4, -0.2) is 5.11 Å². The fraction of sp³-hybridized carbons (Fsp3) is 0.500. The van der Waals surface area contributed by atoms with Crippen LogP contribution in [0, 0.1) is 20.8 Å². The van der Waals surface area contributed by atoms with Crippen LogP contribution in [0.4, 0.5) is 0 Å². The van der Waals surface area contributed by atoms with Gasteiger partial charge in [-0.1, -0.05) is 0 Å². The van der Waals surface area contributed by atoms with Gasteiger partial charge in [-0.25, -0.2) is 0 Å². The summed E-state index contributed by atoms with van der Waals surface area (Å²) < 4.78 is 0. The van der Waals surface area contributed by atoms with Crippen LogP contribution >= 0.6 is 11.3 Å². The van der Waals surface area contributed by atoms with E-state index < -0.39 is 0 Å². The summed E-state index contributed by atoms with van der Waals surface area (Å²) in [6.07, 6.45) is 0. The number of aryl methyl sites for hydroxylation is 1. The Morgan fingerprint density at radius 3 is 2.00 bits per heavy atom. The van der Waals surface area contributed by atoms with Crippen molar-refractivity contribution in [2.24, 2.45) is 0 Å². The molecule has 0 radical (unpaired) electrons. The summed E-state index contributed by atoms with van der Waals surface area (Å²) in [5.74, 6) is 0. The van der Waals surface area contributed by atoms with E-state index in [4.69, 9.17) is 5.11 Å². The summed E-state index contributed by atoms with van der Waals surface area (Å²) in [7, 11) is 0. The number of rotatable bonds is 1. The van der Waals surface area contributed by atoms with Gasteiger partial charge < -0.3 is 5.11 Å². The number of hydrogen-bond acceptors (Lipinski definition) is 2. The zero-order valence-electron chi connectivity index (χ0n) is 6.56. The summed E-state index contributed by atoms with van der Waals surface area (Å²) >= 11 is 1.69. The highest BCUT2D eigenvalue weighted by Gasteiger charge is 2.05. The molecule has 56 valence electrons. The Morgan fingerprint density at radius 2 is 1.80 bits per heavy atom. The Bertz CT molecular complexity index is 238. The lowest BCUT2D eigenvalue weighted by atomic mass is 10.1. The van der Waals surface area contributed by atoms with Crippen molar-refractivity contribution in [3.05, 3.63) is 20.9 Å². The fourth-order valence-electron chi connectivity index (χ4n) is 0.962. The van der Waals surface area contributed by atoms with E-state index in [9.17, 15) is 0 Å². The van der Waals surface area contributed by atoms with Crippen LogP contribution in [0.15, 0.2) is 0 Å². The molecule has 0 bridgehead atoms. The van der Waals surface area contributed by atoms with Gasteiger partial charge in [0.2, 0.25) is 0 Å². The van der Waals surface area contributed by atoms with E-state index in [-0.39, 0.29) is 6.61 Å². The lowest BCUT2D eigenvalue weighted by Gasteiger charge is -1.91. The first-order valence-corrected chi connectivity index (χ1v) is 4.14. The molecule has 0 saturated heterocycles. The van der Waals surface area contributed by atoms with Crippen LogP contribution in [0.5, 0.6) is 0 Å². The van der Waals surface area contributed by atoms with E-state index in [2.05, 4.69) is 20.8 Å². The molecule has 1 aromatic rings. The summed E-state index contributed by atoms with van der Waals surface area (Å²) in [6.45, 7) is 6.43. The summed E-state index contributed by atoms with van der Waals surface area (Å²) in [5, 5.41) is 8.87. The second kappa shape index (κ2) is 2.72. The van der Waals surface area contributed by atoms with E-state index in [1.807, 2.05) is 0 Å². The number of thiophene rings is 1. The van der Waals surface area contributed by atoms with Crippen LogP contribution in [0.1, 0.15) is 20.9 Å². The molecule has 0 aliphatic rings. The lowest BCUT2D eigenvalue weighted by molar-refractivity contribution is 0.285. The molecule has 0 atom stereocenters. The maximum atomic E-state index is 8.87. The fourth-order valence-corrected chi connectivity index (χ4v) is 2.01. The molecular formula is C8H12OS. The maximum Gasteiger partial charge on any atom is 0.0777 e. The Labute approximate surface area is 65.3 Å². The second-order valence-corrected chi connectivity index (χ2v) is 3.80. The van der Waals surface area contributed by atoms with Gasteiger partial charge in [-0.3, -0.25) is 0 Å². The van der Waals surface area contributed by atoms with Crippen molar-refractivity contribution in [2.45, 2.75) is 27.4 Å². The Morgan fingerprint density at radius 1 is 1.20 bits per heavy atom. The van der Waals surface area contributed by atoms with Gasteiger partial charge in [-0.15, -0.1) is 11.3 Å². The molecule has 1 nitrogen and oxygen atoms in total. The van der Waals surface area contributed by atoms with Gasteiger partial charge in [0.1, 0.15) is 0 Å². The van der Waals surface area contributed by atoms with Crippen molar-refractivity contribution in [1.82, 2.24) is 0 Å². The van der Waals surface area contributed by atoms with Crippen LogP contribution in [0.3, 0.4) is 0 Å². The second-order valence-electron chi connectivity index (χ2n) is 2.49. The third-order valence-corrected chi connectivity index (χ3v) is 3.22. The van der Waals surface area contributed by atoms with Crippen LogP contribution in [-0.2, 0) is 6.61 Å². The summed E-state index contributed by atoms with van der Waals surface area (Å²) in [6, 6.07) is 0. The van der Waals surface area contributed by atoms with Crippen LogP contribution in [0.2, 0.25) is 0 Å². The average molecular weight is 156 g/mol. The monoisotopic (exact) mass is 156 g/mol. The summed E-state index contributed by atoms with van der Waals surface area (Å²) in [5.41, 5.74) is 2.58. The first-order valence-electron chi connectivity index (χ1n) is 3.33. The molecule has 1 N–H and O–H groups in total. The smallest absolute Gasteiger partial charge is 0.0777 e. The molecule has 0 amide bonds. The Hall–Kier alpha value is -0.340. The van der Waals surface area contributed by atoms with Crippen molar-refractivity contribution in [3.8, 4) is 0 Å². The van der Waals surface area contributed by atoms with Gasteiger partial charge in [-0.05, 0) is 31.9 Å². The highest BCUT2D eigenvalue weighted by molar-refractivity contribution is 7.12. The number of aliphatic hydroxyl groups is 1. The zero-order chi connectivity index (χ0) is 7.72. The van der Waals surface area contributed by atoms with Crippen molar-refractivity contribution >= 4 is 11.3 Å².